The zero-order valence-corrected chi connectivity index (χ0v) is 13.1. The Balaban J connectivity index is 2.05. The predicted octanol–water partition coefficient (Wildman–Crippen LogP) is 1.77. The maximum absolute atomic E-state index is 12.5. The summed E-state index contributed by atoms with van der Waals surface area (Å²) in [5.41, 5.74) is -0.252. The highest BCUT2D eigenvalue weighted by atomic mass is 32.2. The van der Waals surface area contributed by atoms with Crippen molar-refractivity contribution < 1.29 is 13.2 Å². The fourth-order valence-corrected chi connectivity index (χ4v) is 7.25. The van der Waals surface area contributed by atoms with Crippen LogP contribution < -0.4 is 0 Å². The van der Waals surface area contributed by atoms with Crippen LogP contribution in [0.4, 0.5) is 0 Å². The summed E-state index contributed by atoms with van der Waals surface area (Å²) in [4.78, 5) is 12.2. The van der Waals surface area contributed by atoms with E-state index in [4.69, 9.17) is 0 Å². The van der Waals surface area contributed by atoms with Crippen molar-refractivity contribution in [1.82, 2.24) is 4.31 Å². The number of hydrogen-bond acceptors (Lipinski definition) is 3. The standard InChI is InChI=1S/C15H21NO3S/c1-4-5-6-13(17)16-12-9-11-7-8-15(12,14(11,2)3)10-20(16,18)19/h11-12H,4,7-10H2,1-3H3/t11?,12-,15-/m0/s1. The molecule has 4 nitrogen and oxygen atoms in total. The minimum atomic E-state index is -3.51. The lowest BCUT2D eigenvalue weighted by Gasteiger charge is -2.36. The maximum Gasteiger partial charge on any atom is 0.312 e. The third-order valence-corrected chi connectivity index (χ3v) is 7.88. The van der Waals surface area contributed by atoms with Crippen molar-refractivity contribution in [3.63, 3.8) is 0 Å². The van der Waals surface area contributed by atoms with Gasteiger partial charge in [0.25, 0.3) is 0 Å². The fourth-order valence-electron chi connectivity index (χ4n) is 4.78. The van der Waals surface area contributed by atoms with Crippen LogP contribution in [0, 0.1) is 28.6 Å². The average molecular weight is 295 g/mol. The number of amides is 1. The summed E-state index contributed by atoms with van der Waals surface area (Å²) < 4.78 is 26.1. The van der Waals surface area contributed by atoms with Crippen LogP contribution in [-0.2, 0) is 14.8 Å². The summed E-state index contributed by atoms with van der Waals surface area (Å²) in [6, 6.07) is -0.167. The van der Waals surface area contributed by atoms with Gasteiger partial charge in [0.1, 0.15) is 0 Å². The van der Waals surface area contributed by atoms with E-state index in [9.17, 15) is 13.2 Å². The fraction of sp³-hybridized carbons (Fsp3) is 0.800. The molecule has 0 aromatic carbocycles. The van der Waals surface area contributed by atoms with Crippen molar-refractivity contribution in [2.45, 2.75) is 52.5 Å². The lowest BCUT2D eigenvalue weighted by atomic mass is 9.69. The first-order chi connectivity index (χ1) is 9.26. The van der Waals surface area contributed by atoms with Crippen LogP contribution in [0.5, 0.6) is 0 Å². The van der Waals surface area contributed by atoms with Crippen molar-refractivity contribution in [2.24, 2.45) is 16.7 Å². The molecule has 0 N–H and O–H groups in total. The van der Waals surface area contributed by atoms with E-state index < -0.39 is 15.9 Å². The van der Waals surface area contributed by atoms with Gasteiger partial charge in [0.15, 0.2) is 0 Å². The molecule has 3 fully saturated rings. The molecule has 1 amide bonds. The number of sulfonamides is 1. The van der Waals surface area contributed by atoms with E-state index in [0.717, 1.165) is 23.6 Å². The third-order valence-electron chi connectivity index (χ3n) is 5.98. The van der Waals surface area contributed by atoms with E-state index in [2.05, 4.69) is 25.7 Å². The highest BCUT2D eigenvalue weighted by Gasteiger charge is 2.72. The Bertz CT molecular complexity index is 625. The summed E-state index contributed by atoms with van der Waals surface area (Å²) >= 11 is 0. The van der Waals surface area contributed by atoms with Crippen LogP contribution >= 0.6 is 0 Å². The minimum absolute atomic E-state index is 0.00203. The molecule has 2 saturated carbocycles. The average Bonchev–Trinajstić information content (AvgIpc) is 2.82. The van der Waals surface area contributed by atoms with Crippen molar-refractivity contribution in [3.8, 4) is 11.8 Å². The summed E-state index contributed by atoms with van der Waals surface area (Å²) in [5.74, 6) is 5.30. The molecule has 2 aliphatic carbocycles. The molecule has 110 valence electrons. The topological polar surface area (TPSA) is 54.5 Å². The molecule has 3 atom stereocenters. The quantitative estimate of drug-likeness (QED) is 0.640. The number of carbonyl (C=O) groups excluding carboxylic acids is 1. The monoisotopic (exact) mass is 295 g/mol. The lowest BCUT2D eigenvalue weighted by molar-refractivity contribution is -0.123. The lowest BCUT2D eigenvalue weighted by Crippen LogP contribution is -2.43. The van der Waals surface area contributed by atoms with Crippen LogP contribution in [-0.4, -0.2) is 30.4 Å². The second-order valence-electron chi connectivity index (χ2n) is 6.88. The second kappa shape index (κ2) is 4.00. The molecular formula is C15H21NO3S. The molecule has 1 heterocycles. The number of fused-ring (bicyclic) bond motifs is 1. The molecule has 1 spiro atoms. The molecule has 3 aliphatic rings. The predicted molar refractivity (Wildman–Crippen MR) is 76.0 cm³/mol. The highest BCUT2D eigenvalue weighted by Crippen LogP contribution is 2.69. The van der Waals surface area contributed by atoms with Gasteiger partial charge in [-0.05, 0) is 36.5 Å². The van der Waals surface area contributed by atoms with Gasteiger partial charge in [-0.3, -0.25) is 4.79 Å². The zero-order chi connectivity index (χ0) is 14.8. The summed E-state index contributed by atoms with van der Waals surface area (Å²) in [7, 11) is -3.51. The molecule has 1 saturated heterocycles. The van der Waals surface area contributed by atoms with E-state index >= 15 is 0 Å². The van der Waals surface area contributed by atoms with Gasteiger partial charge in [0, 0.05) is 11.8 Å². The number of hydrogen-bond donors (Lipinski definition) is 0. The van der Waals surface area contributed by atoms with Crippen LogP contribution in [0.1, 0.15) is 46.5 Å². The SMILES string of the molecule is CCC#CC(=O)N1[C@H]2CC3CC[C@@]2(CS1(=O)=O)C3(C)C. The van der Waals surface area contributed by atoms with Crippen molar-refractivity contribution >= 4 is 15.9 Å². The van der Waals surface area contributed by atoms with Crippen LogP contribution in [0.3, 0.4) is 0 Å². The Morgan fingerprint density at radius 1 is 1.40 bits per heavy atom. The Morgan fingerprint density at radius 3 is 2.70 bits per heavy atom. The molecule has 0 aromatic heterocycles. The molecule has 2 bridgehead atoms. The van der Waals surface area contributed by atoms with Crippen LogP contribution in [0.25, 0.3) is 0 Å². The minimum Gasteiger partial charge on any atom is -0.258 e. The van der Waals surface area contributed by atoms with Crippen LogP contribution in [0.15, 0.2) is 0 Å². The van der Waals surface area contributed by atoms with Gasteiger partial charge in [-0.15, -0.1) is 0 Å². The molecule has 0 radical (unpaired) electrons. The first-order valence-corrected chi connectivity index (χ1v) is 8.92. The summed E-state index contributed by atoms with van der Waals surface area (Å²) in [6.07, 6.45) is 3.37. The van der Waals surface area contributed by atoms with Gasteiger partial charge in [0.2, 0.25) is 10.0 Å². The summed E-state index contributed by atoms with van der Waals surface area (Å²) in [6.45, 7) is 6.19. The van der Waals surface area contributed by atoms with Gasteiger partial charge in [-0.25, -0.2) is 12.7 Å². The van der Waals surface area contributed by atoms with E-state index in [1.54, 1.807) is 0 Å². The van der Waals surface area contributed by atoms with Gasteiger partial charge in [-0.2, -0.15) is 0 Å². The van der Waals surface area contributed by atoms with E-state index in [1.807, 2.05) is 6.92 Å². The smallest absolute Gasteiger partial charge is 0.258 e. The number of nitrogens with zero attached hydrogens (tertiary/aromatic N) is 1. The largest absolute Gasteiger partial charge is 0.312 e. The Kier molecular flexibility index (Phi) is 2.79. The van der Waals surface area contributed by atoms with Gasteiger partial charge in [-0.1, -0.05) is 26.7 Å². The highest BCUT2D eigenvalue weighted by molar-refractivity contribution is 7.90. The van der Waals surface area contributed by atoms with Gasteiger partial charge < -0.3 is 0 Å². The first-order valence-electron chi connectivity index (χ1n) is 7.31. The number of carbonyl (C=O) groups is 1. The molecule has 20 heavy (non-hydrogen) atoms. The second-order valence-corrected chi connectivity index (χ2v) is 8.72. The van der Waals surface area contributed by atoms with Crippen molar-refractivity contribution in [3.05, 3.63) is 0 Å². The maximum atomic E-state index is 12.5. The van der Waals surface area contributed by atoms with Gasteiger partial charge in [0.05, 0.1) is 11.8 Å². The number of rotatable bonds is 0. The summed E-state index contributed by atoms with van der Waals surface area (Å²) in [5, 5.41) is 0. The molecular weight excluding hydrogens is 274 g/mol. The molecule has 3 rings (SSSR count). The van der Waals surface area contributed by atoms with E-state index in [0.29, 0.717) is 12.3 Å². The third kappa shape index (κ3) is 1.49. The Morgan fingerprint density at radius 2 is 2.10 bits per heavy atom. The van der Waals surface area contributed by atoms with Gasteiger partial charge >= 0.3 is 5.91 Å². The first kappa shape index (κ1) is 13.9. The van der Waals surface area contributed by atoms with E-state index in [-0.39, 0.29) is 22.6 Å². The van der Waals surface area contributed by atoms with E-state index in [1.165, 1.54) is 0 Å². The zero-order valence-electron chi connectivity index (χ0n) is 12.3. The Hall–Kier alpha value is -1.02. The van der Waals surface area contributed by atoms with Crippen molar-refractivity contribution in [1.29, 1.82) is 0 Å². The molecule has 1 unspecified atom stereocenters. The van der Waals surface area contributed by atoms with Crippen molar-refractivity contribution in [2.75, 3.05) is 5.75 Å². The Labute approximate surface area is 121 Å². The molecule has 1 aliphatic heterocycles. The normalized spacial score (nSPS) is 39.2. The van der Waals surface area contributed by atoms with Crippen LogP contribution in [0.2, 0.25) is 0 Å². The molecule has 0 aromatic rings. The molecule has 5 heteroatoms.